The molecule has 0 spiro atoms. The van der Waals surface area contributed by atoms with Gasteiger partial charge in [0.05, 0.1) is 6.61 Å². The zero-order chi connectivity index (χ0) is 13.6. The van der Waals surface area contributed by atoms with Crippen molar-refractivity contribution >= 4 is 11.6 Å². The fourth-order valence-corrected chi connectivity index (χ4v) is 1.28. The lowest BCUT2D eigenvalue weighted by Gasteiger charge is -2.26. The summed E-state index contributed by atoms with van der Waals surface area (Å²) in [6.45, 7) is 0.807. The van der Waals surface area contributed by atoms with Gasteiger partial charge in [-0.15, -0.1) is 0 Å². The van der Waals surface area contributed by atoms with E-state index in [1.807, 2.05) is 0 Å². The number of carbonyl (C=O) groups excluding carboxylic acids is 2. The molecule has 0 aliphatic rings. The molecule has 0 saturated heterocycles. The fourth-order valence-electron chi connectivity index (χ4n) is 1.28. The maximum Gasteiger partial charge on any atom is 0.229 e. The average Bonchev–Trinajstić information content (AvgIpc) is 2.28. The van der Waals surface area contributed by atoms with E-state index < -0.39 is 36.0 Å². The molecule has 0 aromatic carbocycles. The first-order chi connectivity index (χ1) is 7.86. The fraction of sp³-hybridized carbons (Fsp3) is 0.800. The van der Waals surface area contributed by atoms with Crippen molar-refractivity contribution in [3.8, 4) is 0 Å². The van der Waals surface area contributed by atoms with E-state index in [2.05, 4.69) is 9.47 Å². The maximum atomic E-state index is 11.3. The summed E-state index contributed by atoms with van der Waals surface area (Å²) in [5.41, 5.74) is 0. The predicted molar refractivity (Wildman–Crippen MR) is 56.4 cm³/mol. The van der Waals surface area contributed by atoms with E-state index in [-0.39, 0.29) is 6.61 Å². The SMILES string of the molecule is COC[C@@H](O)[C@@H](O)[C@H](O)[C@@H](OC)C(=O)C(C)=O. The minimum atomic E-state index is -1.71. The largest absolute Gasteiger partial charge is 0.388 e. The monoisotopic (exact) mass is 250 g/mol. The molecule has 17 heavy (non-hydrogen) atoms. The normalized spacial score (nSPS) is 18.2. The van der Waals surface area contributed by atoms with Crippen LogP contribution in [0.3, 0.4) is 0 Å². The Kier molecular flexibility index (Phi) is 7.09. The van der Waals surface area contributed by atoms with E-state index in [9.17, 15) is 24.9 Å². The maximum absolute atomic E-state index is 11.3. The molecule has 0 bridgehead atoms. The second-order valence-corrected chi connectivity index (χ2v) is 3.58. The lowest BCUT2D eigenvalue weighted by molar-refractivity contribution is -0.157. The van der Waals surface area contributed by atoms with E-state index >= 15 is 0 Å². The quantitative estimate of drug-likeness (QED) is 0.422. The summed E-state index contributed by atoms with van der Waals surface area (Å²) in [7, 11) is 2.42. The van der Waals surface area contributed by atoms with Crippen molar-refractivity contribution in [1.29, 1.82) is 0 Å². The van der Waals surface area contributed by atoms with Gasteiger partial charge in [-0.3, -0.25) is 9.59 Å². The van der Waals surface area contributed by atoms with Gasteiger partial charge in [0.2, 0.25) is 5.78 Å². The molecule has 0 aromatic heterocycles. The van der Waals surface area contributed by atoms with Crippen LogP contribution in [0.4, 0.5) is 0 Å². The first-order valence-corrected chi connectivity index (χ1v) is 4.97. The summed E-state index contributed by atoms with van der Waals surface area (Å²) in [5, 5.41) is 28.5. The Balaban J connectivity index is 4.68. The van der Waals surface area contributed by atoms with Gasteiger partial charge in [0.25, 0.3) is 0 Å². The van der Waals surface area contributed by atoms with E-state index in [1.165, 1.54) is 7.11 Å². The summed E-state index contributed by atoms with van der Waals surface area (Å²) in [5.74, 6) is -1.77. The van der Waals surface area contributed by atoms with Crippen LogP contribution in [0, 0.1) is 0 Å². The molecular formula is C10H18O7. The lowest BCUT2D eigenvalue weighted by atomic mass is 9.99. The first-order valence-electron chi connectivity index (χ1n) is 4.97. The molecule has 0 aliphatic heterocycles. The van der Waals surface area contributed by atoms with Gasteiger partial charge in [0.15, 0.2) is 11.9 Å². The molecule has 0 amide bonds. The number of aliphatic hydroxyl groups excluding tert-OH is 3. The zero-order valence-corrected chi connectivity index (χ0v) is 9.99. The predicted octanol–water partition coefficient (Wildman–Crippen LogP) is -2.11. The van der Waals surface area contributed by atoms with Crippen molar-refractivity contribution in [2.24, 2.45) is 0 Å². The second kappa shape index (κ2) is 7.46. The summed E-state index contributed by atoms with van der Waals surface area (Å²) in [6.07, 6.45) is -6.24. The van der Waals surface area contributed by atoms with Crippen molar-refractivity contribution in [1.82, 2.24) is 0 Å². The molecule has 4 atom stereocenters. The molecule has 7 nitrogen and oxygen atoms in total. The minimum absolute atomic E-state index is 0.219. The minimum Gasteiger partial charge on any atom is -0.388 e. The van der Waals surface area contributed by atoms with Crippen LogP contribution in [0.2, 0.25) is 0 Å². The number of ether oxygens (including phenoxy) is 2. The van der Waals surface area contributed by atoms with Crippen molar-refractivity contribution < 1.29 is 34.4 Å². The average molecular weight is 250 g/mol. The van der Waals surface area contributed by atoms with E-state index in [1.54, 1.807) is 0 Å². The molecule has 7 heteroatoms. The first kappa shape index (κ1) is 16.1. The highest BCUT2D eigenvalue weighted by atomic mass is 16.5. The Morgan fingerprint density at radius 3 is 2.00 bits per heavy atom. The Labute approximate surface area is 99.0 Å². The van der Waals surface area contributed by atoms with E-state index in [0.29, 0.717) is 0 Å². The zero-order valence-electron chi connectivity index (χ0n) is 9.99. The Hall–Kier alpha value is -0.860. The van der Waals surface area contributed by atoms with Gasteiger partial charge >= 0.3 is 0 Å². The number of hydrogen-bond acceptors (Lipinski definition) is 7. The number of methoxy groups -OCH3 is 2. The number of ketones is 2. The van der Waals surface area contributed by atoms with Crippen LogP contribution >= 0.6 is 0 Å². The van der Waals surface area contributed by atoms with Gasteiger partial charge in [-0.05, 0) is 0 Å². The molecule has 0 rings (SSSR count). The second-order valence-electron chi connectivity index (χ2n) is 3.58. The van der Waals surface area contributed by atoms with Gasteiger partial charge in [-0.25, -0.2) is 0 Å². The summed E-state index contributed by atoms with van der Waals surface area (Å²) in [6, 6.07) is 0. The summed E-state index contributed by atoms with van der Waals surface area (Å²) < 4.78 is 9.23. The van der Waals surface area contributed by atoms with Crippen molar-refractivity contribution in [3.63, 3.8) is 0 Å². The third kappa shape index (κ3) is 4.49. The highest BCUT2D eigenvalue weighted by Gasteiger charge is 2.37. The number of aliphatic hydroxyl groups is 3. The molecule has 100 valence electrons. The summed E-state index contributed by atoms with van der Waals surface area (Å²) in [4.78, 5) is 22.2. The topological polar surface area (TPSA) is 113 Å². The lowest BCUT2D eigenvalue weighted by Crippen LogP contribution is -2.50. The van der Waals surface area contributed by atoms with Crippen LogP contribution in [0.25, 0.3) is 0 Å². The molecule has 0 fully saturated rings. The molecule has 0 aromatic rings. The molecule has 0 unspecified atom stereocenters. The van der Waals surface area contributed by atoms with Gasteiger partial charge in [-0.2, -0.15) is 0 Å². The number of Topliss-reactive ketones (excluding diaryl/α,β-unsaturated/α-hetero) is 2. The van der Waals surface area contributed by atoms with Crippen LogP contribution < -0.4 is 0 Å². The van der Waals surface area contributed by atoms with E-state index in [4.69, 9.17) is 0 Å². The molecule has 0 aliphatic carbocycles. The van der Waals surface area contributed by atoms with Crippen LogP contribution in [0.5, 0.6) is 0 Å². The third-order valence-corrected chi connectivity index (χ3v) is 2.25. The van der Waals surface area contributed by atoms with Gasteiger partial charge in [0.1, 0.15) is 18.3 Å². The highest BCUT2D eigenvalue weighted by Crippen LogP contribution is 2.09. The van der Waals surface area contributed by atoms with Crippen molar-refractivity contribution in [3.05, 3.63) is 0 Å². The smallest absolute Gasteiger partial charge is 0.229 e. The van der Waals surface area contributed by atoms with Crippen molar-refractivity contribution in [2.45, 2.75) is 31.3 Å². The Morgan fingerprint density at radius 1 is 1.12 bits per heavy atom. The van der Waals surface area contributed by atoms with Crippen LogP contribution in [-0.2, 0) is 19.1 Å². The molecule has 0 heterocycles. The molecular weight excluding hydrogens is 232 g/mol. The Bertz CT molecular complexity index is 265. The van der Waals surface area contributed by atoms with Crippen LogP contribution in [-0.4, -0.2) is 72.1 Å². The number of carbonyl (C=O) groups is 2. The highest BCUT2D eigenvalue weighted by molar-refractivity contribution is 6.38. The molecule has 0 radical (unpaired) electrons. The summed E-state index contributed by atoms with van der Waals surface area (Å²) >= 11 is 0. The van der Waals surface area contributed by atoms with Gasteiger partial charge in [0, 0.05) is 21.1 Å². The number of hydrogen-bond donors (Lipinski definition) is 3. The van der Waals surface area contributed by atoms with Gasteiger partial charge < -0.3 is 24.8 Å². The molecule has 3 N–H and O–H groups in total. The standard InChI is InChI=1S/C10H18O7/c1-5(11)7(13)10(17-3)9(15)8(14)6(12)4-16-2/h6,8-10,12,14-15H,4H2,1-3H3/t6-,8-,9+,10+/m1/s1. The molecule has 0 saturated carbocycles. The Morgan fingerprint density at radius 2 is 1.65 bits per heavy atom. The van der Waals surface area contributed by atoms with Gasteiger partial charge in [-0.1, -0.05) is 0 Å². The van der Waals surface area contributed by atoms with Crippen LogP contribution in [0.1, 0.15) is 6.92 Å². The third-order valence-electron chi connectivity index (χ3n) is 2.25. The van der Waals surface area contributed by atoms with Crippen LogP contribution in [0.15, 0.2) is 0 Å². The van der Waals surface area contributed by atoms with Crippen molar-refractivity contribution in [2.75, 3.05) is 20.8 Å². The van der Waals surface area contributed by atoms with E-state index in [0.717, 1.165) is 14.0 Å². The number of rotatable bonds is 8.